The number of nitrogen functional groups attached to an aromatic ring is 1. The monoisotopic (exact) mass is 303 g/mol. The molecule has 6 heteroatoms. The standard InChI is InChI=1S/C15H14ClN3O2/c1-9-15(20)19(8-10-2-4-11(16)5-3-10)14-12(21-9)6-7-13(17)18-14/h2-7,9H,8H2,1H3,(H2,17,18). The van der Waals surface area contributed by atoms with Crippen LogP contribution in [0.1, 0.15) is 12.5 Å². The molecule has 2 aromatic rings. The zero-order chi connectivity index (χ0) is 15.0. The first-order chi connectivity index (χ1) is 10.0. The smallest absolute Gasteiger partial charge is 0.269 e. The van der Waals surface area contributed by atoms with Crippen molar-refractivity contribution in [3.63, 3.8) is 0 Å². The third kappa shape index (κ3) is 2.64. The lowest BCUT2D eigenvalue weighted by Gasteiger charge is -2.32. The zero-order valence-electron chi connectivity index (χ0n) is 11.4. The van der Waals surface area contributed by atoms with Gasteiger partial charge in [0.25, 0.3) is 5.91 Å². The third-order valence-corrected chi connectivity index (χ3v) is 3.54. The lowest BCUT2D eigenvalue weighted by atomic mass is 10.1. The molecule has 2 heterocycles. The number of carbonyl (C=O) groups excluding carboxylic acids is 1. The molecule has 0 saturated carbocycles. The van der Waals surface area contributed by atoms with Gasteiger partial charge >= 0.3 is 0 Å². The van der Waals surface area contributed by atoms with Gasteiger partial charge in [0.2, 0.25) is 0 Å². The fourth-order valence-electron chi connectivity index (χ4n) is 2.23. The lowest BCUT2D eigenvalue weighted by Crippen LogP contribution is -2.44. The Morgan fingerprint density at radius 3 is 2.71 bits per heavy atom. The van der Waals surface area contributed by atoms with E-state index in [1.807, 2.05) is 12.1 Å². The van der Waals surface area contributed by atoms with Crippen LogP contribution in [0.25, 0.3) is 0 Å². The first-order valence-electron chi connectivity index (χ1n) is 6.53. The van der Waals surface area contributed by atoms with Crippen molar-refractivity contribution in [1.82, 2.24) is 4.98 Å². The quantitative estimate of drug-likeness (QED) is 0.926. The maximum atomic E-state index is 12.4. The number of fused-ring (bicyclic) bond motifs is 1. The molecule has 2 N–H and O–H groups in total. The van der Waals surface area contributed by atoms with Gasteiger partial charge in [0.05, 0.1) is 6.54 Å². The highest BCUT2D eigenvalue weighted by Crippen LogP contribution is 2.33. The summed E-state index contributed by atoms with van der Waals surface area (Å²) in [6, 6.07) is 10.7. The number of nitrogens with zero attached hydrogens (tertiary/aromatic N) is 2. The average molecular weight is 304 g/mol. The predicted molar refractivity (Wildman–Crippen MR) is 81.4 cm³/mol. The minimum atomic E-state index is -0.546. The van der Waals surface area contributed by atoms with Crippen LogP contribution in [-0.2, 0) is 11.3 Å². The summed E-state index contributed by atoms with van der Waals surface area (Å²) in [6.07, 6.45) is -0.546. The Morgan fingerprint density at radius 1 is 1.29 bits per heavy atom. The van der Waals surface area contributed by atoms with Crippen LogP contribution in [0.3, 0.4) is 0 Å². The molecule has 0 radical (unpaired) electrons. The second-order valence-corrected chi connectivity index (χ2v) is 5.31. The fourth-order valence-corrected chi connectivity index (χ4v) is 2.35. The van der Waals surface area contributed by atoms with E-state index in [1.165, 1.54) is 0 Å². The molecule has 1 amide bonds. The topological polar surface area (TPSA) is 68.5 Å². The molecule has 0 spiro atoms. The van der Waals surface area contributed by atoms with Crippen molar-refractivity contribution < 1.29 is 9.53 Å². The van der Waals surface area contributed by atoms with Gasteiger partial charge in [0, 0.05) is 5.02 Å². The summed E-state index contributed by atoms with van der Waals surface area (Å²) in [5.74, 6) is 1.22. The summed E-state index contributed by atoms with van der Waals surface area (Å²) >= 11 is 5.88. The van der Waals surface area contributed by atoms with Crippen molar-refractivity contribution in [1.29, 1.82) is 0 Å². The first-order valence-corrected chi connectivity index (χ1v) is 6.91. The van der Waals surface area contributed by atoms with E-state index in [0.29, 0.717) is 29.0 Å². The van der Waals surface area contributed by atoms with Crippen LogP contribution in [0.4, 0.5) is 11.6 Å². The van der Waals surface area contributed by atoms with Gasteiger partial charge < -0.3 is 10.5 Å². The van der Waals surface area contributed by atoms with Crippen LogP contribution in [0, 0.1) is 0 Å². The van der Waals surface area contributed by atoms with Crippen LogP contribution in [-0.4, -0.2) is 17.0 Å². The summed E-state index contributed by atoms with van der Waals surface area (Å²) in [7, 11) is 0. The van der Waals surface area contributed by atoms with E-state index >= 15 is 0 Å². The SMILES string of the molecule is CC1Oc2ccc(N)nc2N(Cc2ccc(Cl)cc2)C1=O. The van der Waals surface area contributed by atoms with Crippen LogP contribution >= 0.6 is 11.6 Å². The highest BCUT2D eigenvalue weighted by molar-refractivity contribution is 6.30. The predicted octanol–water partition coefficient (Wildman–Crippen LogP) is 2.63. The van der Waals surface area contributed by atoms with Gasteiger partial charge in [-0.05, 0) is 36.8 Å². The average Bonchev–Trinajstić information content (AvgIpc) is 2.47. The number of pyridine rings is 1. The van der Waals surface area contributed by atoms with Crippen LogP contribution < -0.4 is 15.4 Å². The van der Waals surface area contributed by atoms with Crippen molar-refractivity contribution >= 4 is 29.1 Å². The molecule has 1 unspecified atom stereocenters. The summed E-state index contributed by atoms with van der Waals surface area (Å²) in [4.78, 5) is 18.2. The van der Waals surface area contributed by atoms with Gasteiger partial charge in [-0.25, -0.2) is 4.98 Å². The maximum Gasteiger partial charge on any atom is 0.269 e. The molecule has 0 fully saturated rings. The number of carbonyl (C=O) groups is 1. The number of nitrogens with two attached hydrogens (primary N) is 1. The zero-order valence-corrected chi connectivity index (χ0v) is 12.2. The Balaban J connectivity index is 1.98. The Bertz CT molecular complexity index is 688. The number of hydrogen-bond donors (Lipinski definition) is 1. The molecule has 1 atom stereocenters. The molecule has 3 rings (SSSR count). The molecule has 1 aromatic heterocycles. The molecule has 5 nitrogen and oxygen atoms in total. The summed E-state index contributed by atoms with van der Waals surface area (Å²) < 4.78 is 5.56. The van der Waals surface area contributed by atoms with Crippen molar-refractivity contribution in [3.05, 3.63) is 47.0 Å². The minimum Gasteiger partial charge on any atom is -0.477 e. The number of aromatic nitrogens is 1. The van der Waals surface area contributed by atoms with Crippen LogP contribution in [0.15, 0.2) is 36.4 Å². The second kappa shape index (κ2) is 5.26. The molecule has 0 aliphatic carbocycles. The minimum absolute atomic E-state index is 0.143. The van der Waals surface area contributed by atoms with Crippen molar-refractivity contribution in [2.75, 3.05) is 10.6 Å². The first kappa shape index (κ1) is 13.7. The fraction of sp³-hybridized carbons (Fsp3) is 0.200. The van der Waals surface area contributed by atoms with Crippen molar-refractivity contribution in [3.8, 4) is 5.75 Å². The number of amides is 1. The molecule has 21 heavy (non-hydrogen) atoms. The number of ether oxygens (including phenoxy) is 1. The number of anilines is 2. The van der Waals surface area contributed by atoms with Gasteiger partial charge in [-0.15, -0.1) is 0 Å². The molecule has 0 saturated heterocycles. The molecule has 1 aliphatic heterocycles. The third-order valence-electron chi connectivity index (χ3n) is 3.29. The van der Waals surface area contributed by atoms with Gasteiger partial charge in [-0.3, -0.25) is 9.69 Å². The van der Waals surface area contributed by atoms with Crippen LogP contribution in [0.2, 0.25) is 5.02 Å². The Labute approximate surface area is 127 Å². The van der Waals surface area contributed by atoms with Crippen molar-refractivity contribution in [2.45, 2.75) is 19.6 Å². The largest absolute Gasteiger partial charge is 0.477 e. The molecule has 1 aliphatic rings. The van der Waals surface area contributed by atoms with E-state index in [1.54, 1.807) is 36.1 Å². The summed E-state index contributed by atoms with van der Waals surface area (Å²) in [5.41, 5.74) is 6.67. The van der Waals surface area contributed by atoms with E-state index in [9.17, 15) is 4.79 Å². The Kier molecular flexibility index (Phi) is 3.43. The van der Waals surface area contributed by atoms with E-state index < -0.39 is 6.10 Å². The summed E-state index contributed by atoms with van der Waals surface area (Å²) in [5, 5.41) is 0.656. The number of rotatable bonds is 2. The van der Waals surface area contributed by atoms with Gasteiger partial charge in [-0.2, -0.15) is 0 Å². The number of benzene rings is 1. The molecular formula is C15H14ClN3O2. The highest BCUT2D eigenvalue weighted by atomic mass is 35.5. The number of hydrogen-bond acceptors (Lipinski definition) is 4. The Morgan fingerprint density at radius 2 is 2.00 bits per heavy atom. The highest BCUT2D eigenvalue weighted by Gasteiger charge is 2.32. The summed E-state index contributed by atoms with van der Waals surface area (Å²) in [6.45, 7) is 2.11. The Hall–Kier alpha value is -2.27. The van der Waals surface area contributed by atoms with Crippen LogP contribution in [0.5, 0.6) is 5.75 Å². The van der Waals surface area contributed by atoms with Crippen molar-refractivity contribution in [2.24, 2.45) is 0 Å². The van der Waals surface area contributed by atoms with Gasteiger partial charge in [-0.1, -0.05) is 23.7 Å². The molecule has 108 valence electrons. The van der Waals surface area contributed by atoms with E-state index in [4.69, 9.17) is 22.1 Å². The molecule has 1 aromatic carbocycles. The number of halogens is 1. The second-order valence-electron chi connectivity index (χ2n) is 4.87. The van der Waals surface area contributed by atoms with Gasteiger partial charge in [0.1, 0.15) is 5.82 Å². The van der Waals surface area contributed by atoms with E-state index in [2.05, 4.69) is 4.98 Å². The normalized spacial score (nSPS) is 17.3. The van der Waals surface area contributed by atoms with E-state index in [-0.39, 0.29) is 5.91 Å². The van der Waals surface area contributed by atoms with E-state index in [0.717, 1.165) is 5.56 Å². The molecule has 0 bridgehead atoms. The van der Waals surface area contributed by atoms with Gasteiger partial charge in [0.15, 0.2) is 17.7 Å². The molecular weight excluding hydrogens is 290 g/mol. The lowest BCUT2D eigenvalue weighted by molar-refractivity contribution is -0.125. The maximum absolute atomic E-state index is 12.4.